The molecule has 9 N–H and O–H groups in total. The van der Waals surface area contributed by atoms with Gasteiger partial charge in [0, 0.05) is 43.1 Å². The van der Waals surface area contributed by atoms with E-state index in [1.165, 1.54) is 10.8 Å². The highest BCUT2D eigenvalue weighted by atomic mass is 32.2. The van der Waals surface area contributed by atoms with Crippen LogP contribution in [-0.2, 0) is 61.1 Å². The molecule has 0 saturated carbocycles. The zero-order valence-corrected chi connectivity index (χ0v) is 44.3. The zero-order chi connectivity index (χ0) is 54.5. The molecular formula is C50H71N9O13S. The van der Waals surface area contributed by atoms with Gasteiger partial charge in [-0.3, -0.25) is 33.5 Å². The summed E-state index contributed by atoms with van der Waals surface area (Å²) in [5.74, 6) is -5.22. The first-order valence-corrected chi connectivity index (χ1v) is 25.6. The summed E-state index contributed by atoms with van der Waals surface area (Å²) in [5, 5.41) is 18.0. The van der Waals surface area contributed by atoms with E-state index in [2.05, 4.69) is 25.7 Å². The summed E-state index contributed by atoms with van der Waals surface area (Å²) in [7, 11) is -4.15. The molecule has 0 spiro atoms. The first kappa shape index (κ1) is 57.2. The Balaban J connectivity index is 1.26. The number of fused-ring (bicyclic) bond motifs is 2. The number of hydrogen-bond acceptors (Lipinski definition) is 14. The molecule has 2 aliphatic heterocycles. The Morgan fingerprint density at radius 1 is 0.932 bits per heavy atom. The molecular weight excluding hydrogens is 967 g/mol. The lowest BCUT2D eigenvalue weighted by molar-refractivity contribution is -0.157. The topological polar surface area (TPSA) is 322 Å². The lowest BCUT2D eigenvalue weighted by atomic mass is 9.94. The molecule has 5 rings (SSSR count). The van der Waals surface area contributed by atoms with Crippen LogP contribution in [0.4, 0.5) is 4.79 Å². The van der Waals surface area contributed by atoms with Crippen molar-refractivity contribution in [2.75, 3.05) is 19.6 Å². The molecule has 3 heterocycles. The van der Waals surface area contributed by atoms with Crippen molar-refractivity contribution >= 4 is 68.5 Å². The number of carbonyl (C=O) groups excluding carboxylic acids is 6. The van der Waals surface area contributed by atoms with Gasteiger partial charge in [0.15, 0.2) is 0 Å². The number of guanidine groups is 1. The SMILES string of the molecule is Cc1c(C)c(S(=O)(=O)NC(N)=NCCC[C@H](N)C(=O)NCC(=O)N[C@@H](CC(=O)OC(C)(C)C)C(=O)N[C@@H](Cc2cn(C(=O)OC(C)(C)C)c3ccccc23)C(=O)N2CCC[C@H]2C(=O)O)c(C)c2c1OC(C)(C)C2. The van der Waals surface area contributed by atoms with Gasteiger partial charge < -0.3 is 51.6 Å². The molecule has 0 radical (unpaired) electrons. The van der Waals surface area contributed by atoms with Gasteiger partial charge >= 0.3 is 18.0 Å². The second-order valence-corrected chi connectivity index (χ2v) is 22.7. The van der Waals surface area contributed by atoms with Gasteiger partial charge in [-0.05, 0) is 130 Å². The van der Waals surface area contributed by atoms with Crippen molar-refractivity contribution < 1.29 is 61.3 Å². The quantitative estimate of drug-likeness (QED) is 0.0417. The number of aromatic nitrogens is 1. The van der Waals surface area contributed by atoms with Crippen LogP contribution in [-0.4, -0.2) is 131 Å². The van der Waals surface area contributed by atoms with Crippen molar-refractivity contribution in [3.63, 3.8) is 0 Å². The number of nitrogens with two attached hydrogens (primary N) is 2. The van der Waals surface area contributed by atoms with Crippen molar-refractivity contribution in [3.05, 3.63) is 58.3 Å². The summed E-state index contributed by atoms with van der Waals surface area (Å²) in [6, 6.07) is 1.35. The highest BCUT2D eigenvalue weighted by molar-refractivity contribution is 7.90. The lowest BCUT2D eigenvalue weighted by Crippen LogP contribution is -2.57. The van der Waals surface area contributed by atoms with Crippen LogP contribution in [0, 0.1) is 20.8 Å². The van der Waals surface area contributed by atoms with Gasteiger partial charge in [-0.15, -0.1) is 0 Å². The Bertz CT molecular complexity index is 2790. The van der Waals surface area contributed by atoms with Crippen molar-refractivity contribution in [2.24, 2.45) is 16.5 Å². The van der Waals surface area contributed by atoms with E-state index in [0.717, 1.165) is 10.5 Å². The minimum atomic E-state index is -4.15. The van der Waals surface area contributed by atoms with Crippen molar-refractivity contribution in [3.8, 4) is 5.75 Å². The highest BCUT2D eigenvalue weighted by Crippen LogP contribution is 2.43. The van der Waals surface area contributed by atoms with E-state index in [-0.39, 0.29) is 49.6 Å². The molecule has 73 heavy (non-hydrogen) atoms. The van der Waals surface area contributed by atoms with Gasteiger partial charge in [-0.2, -0.15) is 0 Å². The number of ether oxygens (including phenoxy) is 3. The lowest BCUT2D eigenvalue weighted by Gasteiger charge is -2.29. The number of nitrogens with one attached hydrogen (secondary N) is 4. The number of para-hydroxylation sites is 1. The van der Waals surface area contributed by atoms with E-state index in [4.69, 9.17) is 25.7 Å². The molecule has 2 aliphatic rings. The van der Waals surface area contributed by atoms with Crippen LogP contribution in [0.15, 0.2) is 40.4 Å². The van der Waals surface area contributed by atoms with Crippen LogP contribution in [0.2, 0.25) is 0 Å². The van der Waals surface area contributed by atoms with Crippen LogP contribution >= 0.6 is 0 Å². The van der Waals surface area contributed by atoms with Crippen LogP contribution in [0.1, 0.15) is 115 Å². The smallest absolute Gasteiger partial charge is 0.419 e. The maximum atomic E-state index is 14.3. The van der Waals surface area contributed by atoms with E-state index < -0.39 is 106 Å². The molecule has 23 heteroatoms. The number of esters is 1. The first-order valence-electron chi connectivity index (χ1n) is 24.1. The summed E-state index contributed by atoms with van der Waals surface area (Å²) in [6.07, 6.45) is 1.13. The second kappa shape index (κ2) is 22.6. The Morgan fingerprint density at radius 3 is 2.23 bits per heavy atom. The van der Waals surface area contributed by atoms with Gasteiger partial charge in [0.1, 0.15) is 40.7 Å². The molecule has 1 aromatic heterocycles. The van der Waals surface area contributed by atoms with Gasteiger partial charge in [0.05, 0.1) is 29.4 Å². The summed E-state index contributed by atoms with van der Waals surface area (Å²) in [4.78, 5) is 99.2. The molecule has 22 nitrogen and oxygen atoms in total. The average Bonchev–Trinajstić information content (AvgIpc) is 4.00. The first-order chi connectivity index (χ1) is 33.8. The van der Waals surface area contributed by atoms with E-state index in [1.807, 2.05) is 13.8 Å². The molecule has 0 bridgehead atoms. The number of aliphatic carboxylic acids is 1. The molecule has 1 fully saturated rings. The number of hydrogen-bond donors (Lipinski definition) is 7. The average molecular weight is 1040 g/mol. The number of benzene rings is 2. The predicted molar refractivity (Wildman–Crippen MR) is 270 cm³/mol. The fourth-order valence-electron chi connectivity index (χ4n) is 8.87. The highest BCUT2D eigenvalue weighted by Gasteiger charge is 2.40. The molecule has 400 valence electrons. The fourth-order valence-corrected chi connectivity index (χ4v) is 10.4. The number of likely N-dealkylation sites (tertiary alicyclic amines) is 1. The maximum absolute atomic E-state index is 14.3. The Morgan fingerprint density at radius 2 is 1.59 bits per heavy atom. The largest absolute Gasteiger partial charge is 0.487 e. The van der Waals surface area contributed by atoms with Gasteiger partial charge in [-0.25, -0.2) is 22.7 Å². The minimum Gasteiger partial charge on any atom is -0.487 e. The molecule has 0 unspecified atom stereocenters. The van der Waals surface area contributed by atoms with Crippen LogP contribution in [0.25, 0.3) is 10.9 Å². The van der Waals surface area contributed by atoms with Gasteiger partial charge in [0.25, 0.3) is 10.0 Å². The monoisotopic (exact) mass is 1040 g/mol. The fraction of sp³-hybridized carbons (Fsp3) is 0.560. The minimum absolute atomic E-state index is 0.00943. The number of carbonyl (C=O) groups is 7. The number of carboxylic acids is 1. The number of carboxylic acid groups (broad SMARTS) is 1. The normalized spacial score (nSPS) is 16.9. The number of aliphatic imine (C=N–C) groups is 1. The maximum Gasteiger partial charge on any atom is 0.419 e. The Hall–Kier alpha value is -6.75. The molecule has 3 aromatic rings. The van der Waals surface area contributed by atoms with Crippen LogP contribution < -0.4 is 36.9 Å². The standard InChI is InChI=1S/C50H71N9O13S/c1-27-28(2)41(29(3)32-24-50(10,11)71-40(27)32)73(68,69)57-46(52)53-20-14-17-33(51)42(62)54-25-38(60)55-34(23-39(61)70-48(4,5)6)43(63)56-35(44(64)58-21-15-19-37(58)45(65)66)22-30-26-59(47(67)72-49(7,8)9)36-18-13-12-16-31(30)36/h12-13,16,18,26,33-35,37H,14-15,17,19-25,51H2,1-11H3,(H,54,62)(H,55,60)(H,56,63)(H,65,66)(H3,52,53,57)/t33-,34-,35-,37-/m0/s1. The van der Waals surface area contributed by atoms with E-state index in [1.54, 1.807) is 86.6 Å². The van der Waals surface area contributed by atoms with Crippen molar-refractivity contribution in [1.29, 1.82) is 0 Å². The van der Waals surface area contributed by atoms with E-state index >= 15 is 0 Å². The Labute approximate surface area is 425 Å². The molecule has 4 atom stereocenters. The third kappa shape index (κ3) is 14.7. The van der Waals surface area contributed by atoms with Gasteiger partial charge in [0.2, 0.25) is 29.6 Å². The van der Waals surface area contributed by atoms with Crippen LogP contribution in [0.5, 0.6) is 5.75 Å². The number of sulfonamides is 1. The van der Waals surface area contributed by atoms with Crippen molar-refractivity contribution in [2.45, 2.75) is 167 Å². The van der Waals surface area contributed by atoms with Crippen LogP contribution in [0.3, 0.4) is 0 Å². The molecule has 1 saturated heterocycles. The summed E-state index contributed by atoms with van der Waals surface area (Å²) in [6.45, 7) is 18.4. The second-order valence-electron chi connectivity index (χ2n) is 21.1. The van der Waals surface area contributed by atoms with Crippen molar-refractivity contribution in [1.82, 2.24) is 30.1 Å². The number of nitrogens with zero attached hydrogens (tertiary/aromatic N) is 3. The van der Waals surface area contributed by atoms with E-state index in [0.29, 0.717) is 51.7 Å². The molecule has 0 aliphatic carbocycles. The van der Waals surface area contributed by atoms with Gasteiger partial charge in [-0.1, -0.05) is 18.2 Å². The molecule has 2 aromatic carbocycles. The number of rotatable bonds is 18. The molecule has 4 amide bonds. The summed E-state index contributed by atoms with van der Waals surface area (Å²) < 4.78 is 47.9. The summed E-state index contributed by atoms with van der Waals surface area (Å²) in [5.41, 5.74) is 13.3. The summed E-state index contributed by atoms with van der Waals surface area (Å²) >= 11 is 0. The third-order valence-corrected chi connectivity index (χ3v) is 13.8. The predicted octanol–water partition coefficient (Wildman–Crippen LogP) is 2.90. The Kier molecular flexibility index (Phi) is 17.7. The third-order valence-electron chi connectivity index (χ3n) is 12.2. The number of amides is 4. The van der Waals surface area contributed by atoms with E-state index in [9.17, 15) is 47.1 Å². The zero-order valence-electron chi connectivity index (χ0n) is 43.5.